The Morgan fingerprint density at radius 3 is 2.27 bits per heavy atom. The summed E-state index contributed by atoms with van der Waals surface area (Å²) in [4.78, 5) is 12.8. The molecule has 1 aromatic rings. The maximum absolute atomic E-state index is 13.1. The molecule has 0 N–H and O–H groups in total. The van der Waals surface area contributed by atoms with Crippen molar-refractivity contribution in [3.63, 3.8) is 0 Å². The zero-order valence-corrected chi connectivity index (χ0v) is 8.35. The first-order valence-corrected chi connectivity index (χ1v) is 4.25. The van der Waals surface area contributed by atoms with Crippen LogP contribution >= 0.6 is 0 Å². The molecule has 0 bridgehead atoms. The Morgan fingerprint density at radius 1 is 1.20 bits per heavy atom. The molecule has 0 unspecified atom stereocenters. The number of Topliss-reactive ketones (excluding diaryl/α,β-unsaturated/α-hetero) is 1. The molecule has 0 aliphatic carbocycles. The lowest BCUT2D eigenvalue weighted by atomic mass is 10.1. The summed E-state index contributed by atoms with van der Waals surface area (Å²) in [5.41, 5.74) is -0.816. The van der Waals surface area contributed by atoms with Crippen LogP contribution in [0.25, 0.3) is 0 Å². The number of likely N-dealkylation sites (N-methyl/N-ethyl adjacent to an activating group) is 1. The minimum Gasteiger partial charge on any atom is -0.302 e. The van der Waals surface area contributed by atoms with E-state index in [1.54, 1.807) is 14.1 Å². The van der Waals surface area contributed by atoms with E-state index in [2.05, 4.69) is 0 Å². The van der Waals surface area contributed by atoms with Gasteiger partial charge in [-0.1, -0.05) is 0 Å². The van der Waals surface area contributed by atoms with Gasteiger partial charge in [-0.15, -0.1) is 0 Å². The average molecular weight is 217 g/mol. The predicted molar refractivity (Wildman–Crippen MR) is 49.2 cm³/mol. The van der Waals surface area contributed by atoms with Crippen LogP contribution in [0.3, 0.4) is 0 Å². The first-order chi connectivity index (χ1) is 6.93. The van der Waals surface area contributed by atoms with E-state index in [1.165, 1.54) is 4.90 Å². The van der Waals surface area contributed by atoms with Gasteiger partial charge in [-0.25, -0.2) is 13.2 Å². The zero-order chi connectivity index (χ0) is 11.6. The van der Waals surface area contributed by atoms with E-state index in [4.69, 9.17) is 0 Å². The van der Waals surface area contributed by atoms with Gasteiger partial charge in [-0.05, 0) is 26.2 Å². The summed E-state index contributed by atoms with van der Waals surface area (Å²) in [5.74, 6) is -4.48. The molecule has 1 aromatic carbocycles. The van der Waals surface area contributed by atoms with Crippen LogP contribution in [0.15, 0.2) is 12.1 Å². The number of carbonyl (C=O) groups is 1. The molecule has 0 fully saturated rings. The van der Waals surface area contributed by atoms with Crippen molar-refractivity contribution < 1.29 is 18.0 Å². The molecule has 0 heterocycles. The van der Waals surface area contributed by atoms with Crippen molar-refractivity contribution in [2.24, 2.45) is 0 Å². The van der Waals surface area contributed by atoms with E-state index in [9.17, 15) is 18.0 Å². The molecule has 0 saturated heterocycles. The van der Waals surface area contributed by atoms with Crippen LogP contribution < -0.4 is 0 Å². The molecule has 1 rings (SSSR count). The van der Waals surface area contributed by atoms with E-state index in [0.29, 0.717) is 6.07 Å². The maximum Gasteiger partial charge on any atom is 0.182 e. The number of ketones is 1. The summed E-state index contributed by atoms with van der Waals surface area (Å²) in [6, 6.07) is 1.39. The first-order valence-electron chi connectivity index (χ1n) is 4.25. The second kappa shape index (κ2) is 4.44. The molecular weight excluding hydrogens is 207 g/mol. The molecule has 0 radical (unpaired) electrons. The molecule has 0 aliphatic heterocycles. The highest BCUT2D eigenvalue weighted by atomic mass is 19.2. The minimum atomic E-state index is -1.43. The normalized spacial score (nSPS) is 10.8. The van der Waals surface area contributed by atoms with Gasteiger partial charge in [0.15, 0.2) is 17.4 Å². The number of halogens is 3. The lowest BCUT2D eigenvalue weighted by Gasteiger charge is -2.09. The summed E-state index contributed by atoms with van der Waals surface area (Å²) in [6.45, 7) is -0.169. The fourth-order valence-corrected chi connectivity index (χ4v) is 1.15. The zero-order valence-electron chi connectivity index (χ0n) is 8.35. The number of carbonyl (C=O) groups excluding carboxylic acids is 1. The number of benzene rings is 1. The Kier molecular flexibility index (Phi) is 3.47. The van der Waals surface area contributed by atoms with Gasteiger partial charge in [-0.2, -0.15) is 0 Å². The minimum absolute atomic E-state index is 0.169. The number of hydrogen-bond acceptors (Lipinski definition) is 2. The standard InChI is InChI=1S/C10H10F3NO/c1-14(2)5-8(15)9-6(11)3-4-7(12)10(9)13/h3-4H,5H2,1-2H3. The highest BCUT2D eigenvalue weighted by Gasteiger charge is 2.20. The van der Waals surface area contributed by atoms with Gasteiger partial charge in [0.25, 0.3) is 0 Å². The Morgan fingerprint density at radius 2 is 1.73 bits per heavy atom. The molecule has 0 atom stereocenters. The van der Waals surface area contributed by atoms with Gasteiger partial charge >= 0.3 is 0 Å². The van der Waals surface area contributed by atoms with Crippen LogP contribution in [-0.4, -0.2) is 31.3 Å². The fourth-order valence-electron chi connectivity index (χ4n) is 1.15. The van der Waals surface area contributed by atoms with Crippen molar-refractivity contribution in [2.45, 2.75) is 0 Å². The van der Waals surface area contributed by atoms with Gasteiger partial charge in [0, 0.05) is 0 Å². The third-order valence-corrected chi connectivity index (χ3v) is 1.78. The molecule has 0 saturated carbocycles. The monoisotopic (exact) mass is 217 g/mol. The molecule has 5 heteroatoms. The Hall–Kier alpha value is -1.36. The fraction of sp³-hybridized carbons (Fsp3) is 0.300. The highest BCUT2D eigenvalue weighted by Crippen LogP contribution is 2.16. The third kappa shape index (κ3) is 2.56. The van der Waals surface area contributed by atoms with Crippen molar-refractivity contribution in [2.75, 3.05) is 20.6 Å². The Labute approximate surface area is 85.3 Å². The molecular formula is C10H10F3NO. The second-order valence-electron chi connectivity index (χ2n) is 3.38. The molecule has 0 aromatic heterocycles. The molecule has 0 amide bonds. The largest absolute Gasteiger partial charge is 0.302 e. The Balaban J connectivity index is 3.13. The lowest BCUT2D eigenvalue weighted by molar-refractivity contribution is 0.0948. The van der Waals surface area contributed by atoms with E-state index < -0.39 is 28.8 Å². The highest BCUT2D eigenvalue weighted by molar-refractivity contribution is 5.98. The van der Waals surface area contributed by atoms with Crippen molar-refractivity contribution in [3.05, 3.63) is 35.1 Å². The quantitative estimate of drug-likeness (QED) is 0.568. The van der Waals surface area contributed by atoms with Gasteiger partial charge < -0.3 is 4.90 Å². The number of hydrogen-bond donors (Lipinski definition) is 0. The van der Waals surface area contributed by atoms with E-state index in [1.807, 2.05) is 0 Å². The number of nitrogens with zero attached hydrogens (tertiary/aromatic N) is 1. The lowest BCUT2D eigenvalue weighted by Crippen LogP contribution is -2.23. The van der Waals surface area contributed by atoms with E-state index in [0.717, 1.165) is 6.07 Å². The van der Waals surface area contributed by atoms with Gasteiger partial charge in [-0.3, -0.25) is 4.79 Å². The van der Waals surface area contributed by atoms with Gasteiger partial charge in [0.2, 0.25) is 0 Å². The average Bonchev–Trinajstić information content (AvgIpc) is 2.11. The summed E-state index contributed by atoms with van der Waals surface area (Å²) in [7, 11) is 3.15. The Bertz CT molecular complexity index is 390. The molecule has 15 heavy (non-hydrogen) atoms. The molecule has 0 spiro atoms. The van der Waals surface area contributed by atoms with Crippen LogP contribution in [0.1, 0.15) is 10.4 Å². The third-order valence-electron chi connectivity index (χ3n) is 1.78. The van der Waals surface area contributed by atoms with Crippen molar-refractivity contribution in [3.8, 4) is 0 Å². The van der Waals surface area contributed by atoms with Crippen molar-refractivity contribution in [1.82, 2.24) is 4.90 Å². The van der Waals surface area contributed by atoms with Crippen LogP contribution in [0.2, 0.25) is 0 Å². The smallest absolute Gasteiger partial charge is 0.182 e. The topological polar surface area (TPSA) is 20.3 Å². The summed E-state index contributed by atoms with van der Waals surface area (Å²) < 4.78 is 38.9. The maximum atomic E-state index is 13.1. The predicted octanol–water partition coefficient (Wildman–Crippen LogP) is 1.85. The second-order valence-corrected chi connectivity index (χ2v) is 3.38. The SMILES string of the molecule is CN(C)CC(=O)c1c(F)ccc(F)c1F. The van der Waals surface area contributed by atoms with E-state index in [-0.39, 0.29) is 6.54 Å². The van der Waals surface area contributed by atoms with Crippen LogP contribution in [0.4, 0.5) is 13.2 Å². The summed E-state index contributed by atoms with van der Waals surface area (Å²) >= 11 is 0. The molecule has 0 aliphatic rings. The van der Waals surface area contributed by atoms with Crippen LogP contribution in [-0.2, 0) is 0 Å². The van der Waals surface area contributed by atoms with Gasteiger partial charge in [0.05, 0.1) is 12.1 Å². The first kappa shape index (κ1) is 11.7. The number of rotatable bonds is 3. The van der Waals surface area contributed by atoms with Crippen LogP contribution in [0, 0.1) is 17.5 Å². The van der Waals surface area contributed by atoms with E-state index >= 15 is 0 Å². The van der Waals surface area contributed by atoms with Gasteiger partial charge in [0.1, 0.15) is 5.82 Å². The summed E-state index contributed by atoms with van der Waals surface area (Å²) in [5, 5.41) is 0. The van der Waals surface area contributed by atoms with Crippen molar-refractivity contribution in [1.29, 1.82) is 0 Å². The molecule has 82 valence electrons. The van der Waals surface area contributed by atoms with Crippen molar-refractivity contribution >= 4 is 5.78 Å². The summed E-state index contributed by atoms with van der Waals surface area (Å²) in [6.07, 6.45) is 0. The molecule has 2 nitrogen and oxygen atoms in total. The van der Waals surface area contributed by atoms with Crippen LogP contribution in [0.5, 0.6) is 0 Å².